The Kier molecular flexibility index (Phi) is 4.83. The van der Waals surface area contributed by atoms with E-state index >= 15 is 0 Å². The van der Waals surface area contributed by atoms with Gasteiger partial charge in [0.2, 0.25) is 5.72 Å². The van der Waals surface area contributed by atoms with Crippen LogP contribution < -0.4 is 14.4 Å². The minimum absolute atomic E-state index is 0.0504. The van der Waals surface area contributed by atoms with Gasteiger partial charge in [-0.05, 0) is 43.2 Å². The van der Waals surface area contributed by atoms with Crippen molar-refractivity contribution in [1.29, 1.82) is 0 Å². The van der Waals surface area contributed by atoms with Crippen molar-refractivity contribution in [3.63, 3.8) is 0 Å². The van der Waals surface area contributed by atoms with E-state index in [4.69, 9.17) is 16.0 Å². The summed E-state index contributed by atoms with van der Waals surface area (Å²) in [6.07, 6.45) is 3.88. The number of non-ortho nitro benzene ring substituents is 1. The summed E-state index contributed by atoms with van der Waals surface area (Å²) in [5.41, 5.74) is 3.02. The van der Waals surface area contributed by atoms with Crippen molar-refractivity contribution in [2.75, 3.05) is 12.0 Å². The number of nitrogens with zero attached hydrogens (tertiary/aromatic N) is 3. The zero-order chi connectivity index (χ0) is 24.1. The number of anilines is 1. The zero-order valence-corrected chi connectivity index (χ0v) is 19.1. The van der Waals surface area contributed by atoms with Crippen molar-refractivity contribution in [2.45, 2.75) is 31.5 Å². The Morgan fingerprint density at radius 3 is 2.56 bits per heavy atom. The maximum absolute atomic E-state index is 11.4. The highest BCUT2D eigenvalue weighted by molar-refractivity contribution is 5.75. The Morgan fingerprint density at radius 2 is 1.88 bits per heavy atom. The summed E-state index contributed by atoms with van der Waals surface area (Å²) in [6.45, 7) is 12.1. The van der Waals surface area contributed by atoms with Gasteiger partial charge in [-0.2, -0.15) is 0 Å². The first-order chi connectivity index (χ1) is 16.3. The van der Waals surface area contributed by atoms with Crippen molar-refractivity contribution >= 4 is 23.1 Å². The van der Waals surface area contributed by atoms with Crippen LogP contribution in [-0.4, -0.2) is 17.8 Å². The molecule has 0 saturated heterocycles. The van der Waals surface area contributed by atoms with E-state index < -0.39 is 16.1 Å². The van der Waals surface area contributed by atoms with Crippen LogP contribution in [0, 0.1) is 16.7 Å². The molecule has 3 aromatic carbocycles. The van der Waals surface area contributed by atoms with E-state index in [1.54, 1.807) is 0 Å². The largest absolute Gasteiger partial charge is 0.493 e. The van der Waals surface area contributed by atoms with Gasteiger partial charge in [0.1, 0.15) is 0 Å². The summed E-state index contributed by atoms with van der Waals surface area (Å²) in [5.74, 6) is 0.797. The molecule has 0 N–H and O–H groups in total. The van der Waals surface area contributed by atoms with Gasteiger partial charge >= 0.3 is 0 Å². The number of nitro groups is 1. The summed E-state index contributed by atoms with van der Waals surface area (Å²) in [5, 5.41) is 11.4. The normalized spacial score (nSPS) is 19.2. The minimum Gasteiger partial charge on any atom is -0.493 e. The SMILES string of the molecule is [C-]#[N+]c1ccc(CN2c3ccccc3C(C)(C)C23C=Cc2cc([N+](=O)[O-])cc(OC)c2O3)cc1. The third-order valence-corrected chi connectivity index (χ3v) is 6.82. The van der Waals surface area contributed by atoms with Crippen molar-refractivity contribution < 1.29 is 14.4 Å². The monoisotopic (exact) mass is 453 g/mol. The van der Waals surface area contributed by atoms with Gasteiger partial charge in [-0.3, -0.25) is 10.1 Å². The maximum atomic E-state index is 11.4. The van der Waals surface area contributed by atoms with Crippen LogP contribution in [-0.2, 0) is 12.0 Å². The Morgan fingerprint density at radius 1 is 1.15 bits per heavy atom. The highest BCUT2D eigenvalue weighted by atomic mass is 16.6. The lowest BCUT2D eigenvalue weighted by Crippen LogP contribution is -2.59. The van der Waals surface area contributed by atoms with Crippen LogP contribution in [0.3, 0.4) is 0 Å². The molecule has 0 amide bonds. The molecule has 3 aromatic rings. The molecule has 0 bridgehead atoms. The molecule has 170 valence electrons. The molecule has 1 atom stereocenters. The van der Waals surface area contributed by atoms with Crippen LogP contribution in [0.15, 0.2) is 66.7 Å². The molecule has 5 rings (SSSR count). The van der Waals surface area contributed by atoms with E-state index in [9.17, 15) is 10.1 Å². The van der Waals surface area contributed by atoms with Crippen molar-refractivity contribution in [2.24, 2.45) is 0 Å². The van der Waals surface area contributed by atoms with Gasteiger partial charge in [-0.15, -0.1) is 0 Å². The summed E-state index contributed by atoms with van der Waals surface area (Å²) >= 11 is 0. The lowest BCUT2D eigenvalue weighted by atomic mass is 9.76. The smallest absolute Gasteiger partial charge is 0.274 e. The molecule has 34 heavy (non-hydrogen) atoms. The molecule has 0 aliphatic carbocycles. The molecule has 7 heteroatoms. The summed E-state index contributed by atoms with van der Waals surface area (Å²) in [6, 6.07) is 18.7. The first kappa shape index (κ1) is 21.5. The molecule has 1 spiro atoms. The highest BCUT2D eigenvalue weighted by Crippen LogP contribution is 2.56. The van der Waals surface area contributed by atoms with Crippen LogP contribution in [0.2, 0.25) is 0 Å². The van der Waals surface area contributed by atoms with Crippen molar-refractivity contribution in [3.05, 3.63) is 105 Å². The molecule has 0 radical (unpaired) electrons. The van der Waals surface area contributed by atoms with E-state index in [-0.39, 0.29) is 5.69 Å². The van der Waals surface area contributed by atoms with Crippen molar-refractivity contribution in [3.8, 4) is 11.5 Å². The average Bonchev–Trinajstić information content (AvgIpc) is 3.02. The second kappa shape index (κ2) is 7.63. The summed E-state index contributed by atoms with van der Waals surface area (Å²) in [7, 11) is 1.49. The van der Waals surface area contributed by atoms with Crippen LogP contribution in [0.5, 0.6) is 11.5 Å². The molecule has 7 nitrogen and oxygen atoms in total. The number of methoxy groups -OCH3 is 1. The molecular weight excluding hydrogens is 430 g/mol. The predicted molar refractivity (Wildman–Crippen MR) is 130 cm³/mol. The summed E-state index contributed by atoms with van der Waals surface area (Å²) in [4.78, 5) is 16.7. The van der Waals surface area contributed by atoms with Gasteiger partial charge in [0.05, 0.1) is 30.1 Å². The van der Waals surface area contributed by atoms with E-state index in [0.29, 0.717) is 29.3 Å². The molecule has 2 aliphatic rings. The Balaban J connectivity index is 1.66. The highest BCUT2D eigenvalue weighted by Gasteiger charge is 2.59. The van der Waals surface area contributed by atoms with Gasteiger partial charge in [-0.1, -0.05) is 42.5 Å². The maximum Gasteiger partial charge on any atom is 0.274 e. The fourth-order valence-corrected chi connectivity index (χ4v) is 4.98. The minimum atomic E-state index is -0.897. The first-order valence-corrected chi connectivity index (χ1v) is 10.9. The lowest BCUT2D eigenvalue weighted by molar-refractivity contribution is -0.385. The second-order valence-corrected chi connectivity index (χ2v) is 8.96. The number of benzene rings is 3. The second-order valence-electron chi connectivity index (χ2n) is 8.96. The molecular formula is C27H23N3O4. The van der Waals surface area contributed by atoms with Gasteiger partial charge in [0.15, 0.2) is 17.2 Å². The lowest BCUT2D eigenvalue weighted by Gasteiger charge is -2.47. The number of para-hydroxylation sites is 1. The fraction of sp³-hybridized carbons (Fsp3) is 0.222. The third kappa shape index (κ3) is 3.03. The topological polar surface area (TPSA) is 69.2 Å². The average molecular weight is 453 g/mol. The quantitative estimate of drug-likeness (QED) is 0.265. The predicted octanol–water partition coefficient (Wildman–Crippen LogP) is 6.25. The number of nitro benzene ring substituents is 1. The molecule has 2 aliphatic heterocycles. The summed E-state index contributed by atoms with van der Waals surface area (Å²) < 4.78 is 12.3. The van der Waals surface area contributed by atoms with Crippen LogP contribution in [0.25, 0.3) is 10.9 Å². The number of fused-ring (bicyclic) bond motifs is 2. The fourth-order valence-electron chi connectivity index (χ4n) is 4.98. The van der Waals surface area contributed by atoms with Gasteiger partial charge in [0.25, 0.3) is 5.69 Å². The van der Waals surface area contributed by atoms with Crippen LogP contribution >= 0.6 is 0 Å². The van der Waals surface area contributed by atoms with Gasteiger partial charge < -0.3 is 14.4 Å². The Hall–Kier alpha value is -4.31. The van der Waals surface area contributed by atoms with Gasteiger partial charge in [0, 0.05) is 23.9 Å². The zero-order valence-electron chi connectivity index (χ0n) is 19.1. The third-order valence-electron chi connectivity index (χ3n) is 6.82. The first-order valence-electron chi connectivity index (χ1n) is 10.9. The van der Waals surface area contributed by atoms with E-state index in [2.05, 4.69) is 35.7 Å². The number of hydrogen-bond donors (Lipinski definition) is 0. The van der Waals surface area contributed by atoms with E-state index in [1.807, 2.05) is 48.6 Å². The number of ether oxygens (including phenoxy) is 2. The molecule has 2 heterocycles. The van der Waals surface area contributed by atoms with E-state index in [0.717, 1.165) is 16.8 Å². The van der Waals surface area contributed by atoms with Crippen LogP contribution in [0.1, 0.15) is 30.5 Å². The van der Waals surface area contributed by atoms with Crippen LogP contribution in [0.4, 0.5) is 17.1 Å². The van der Waals surface area contributed by atoms with Crippen molar-refractivity contribution in [1.82, 2.24) is 0 Å². The molecule has 0 saturated carbocycles. The number of hydrogen-bond acceptors (Lipinski definition) is 5. The molecule has 1 unspecified atom stereocenters. The van der Waals surface area contributed by atoms with Gasteiger partial charge in [-0.25, -0.2) is 4.85 Å². The Labute approximate surface area is 197 Å². The molecule has 0 fully saturated rings. The number of rotatable bonds is 4. The van der Waals surface area contributed by atoms with E-state index in [1.165, 1.54) is 19.2 Å². The molecule has 0 aromatic heterocycles. The Bertz CT molecular complexity index is 1370. The standard InChI is InChI=1S/C27H23N3O4/c1-26(2)22-7-5-6-8-23(22)29(17-18-9-11-20(28-3)12-10-18)27(26)14-13-19-15-21(30(31)32)16-24(33-4)25(19)34-27/h5-16H,17H2,1-2,4H3.